The summed E-state index contributed by atoms with van der Waals surface area (Å²) in [5.74, 6) is 0.139. The second-order valence-electron chi connectivity index (χ2n) is 5.31. The van der Waals surface area contributed by atoms with Gasteiger partial charge in [-0.05, 0) is 31.0 Å². The number of nitrogens with zero attached hydrogens (tertiary/aromatic N) is 3. The van der Waals surface area contributed by atoms with E-state index >= 15 is 0 Å². The van der Waals surface area contributed by atoms with Crippen molar-refractivity contribution in [1.82, 2.24) is 15.1 Å². The molecule has 1 aromatic carbocycles. The fourth-order valence-electron chi connectivity index (χ4n) is 2.72. The molecule has 1 unspecified atom stereocenters. The van der Waals surface area contributed by atoms with Crippen molar-refractivity contribution in [1.29, 1.82) is 0 Å². The van der Waals surface area contributed by atoms with Gasteiger partial charge >= 0.3 is 0 Å². The number of hydrogen-bond donors (Lipinski definition) is 1. The number of benzene rings is 1. The highest BCUT2D eigenvalue weighted by molar-refractivity contribution is 5.98. The summed E-state index contributed by atoms with van der Waals surface area (Å²) in [6.07, 6.45) is 4.63. The lowest BCUT2D eigenvalue weighted by molar-refractivity contribution is -0.120. The van der Waals surface area contributed by atoms with E-state index in [1.54, 1.807) is 6.20 Å². The van der Waals surface area contributed by atoms with Gasteiger partial charge in [-0.15, -0.1) is 0 Å². The molecule has 1 amide bonds. The van der Waals surface area contributed by atoms with Crippen molar-refractivity contribution in [2.24, 2.45) is 0 Å². The van der Waals surface area contributed by atoms with Crippen molar-refractivity contribution >= 4 is 11.6 Å². The Morgan fingerprint density at radius 3 is 3.05 bits per heavy atom. The number of anilines is 1. The minimum absolute atomic E-state index is 0.139. The van der Waals surface area contributed by atoms with Gasteiger partial charge in [0.25, 0.3) is 0 Å². The van der Waals surface area contributed by atoms with E-state index in [-0.39, 0.29) is 11.9 Å². The van der Waals surface area contributed by atoms with E-state index in [0.29, 0.717) is 0 Å². The lowest BCUT2D eigenvalue weighted by Gasteiger charge is -2.22. The molecule has 1 aliphatic rings. The number of aromatic nitrogens is 2. The maximum Gasteiger partial charge on any atom is 0.243 e. The van der Waals surface area contributed by atoms with Crippen LogP contribution in [0.4, 0.5) is 5.69 Å². The van der Waals surface area contributed by atoms with Crippen molar-refractivity contribution in [3.8, 4) is 0 Å². The molecule has 0 saturated carbocycles. The number of carbonyl (C=O) groups is 1. The summed E-state index contributed by atoms with van der Waals surface area (Å²) in [5.41, 5.74) is 2.32. The smallest absolute Gasteiger partial charge is 0.243 e. The number of nitrogens with one attached hydrogen (secondary N) is 1. The monoisotopic (exact) mass is 284 g/mol. The summed E-state index contributed by atoms with van der Waals surface area (Å²) >= 11 is 0. The Labute approximate surface area is 124 Å². The molecule has 0 fully saturated rings. The van der Waals surface area contributed by atoms with Crippen molar-refractivity contribution in [2.45, 2.75) is 25.9 Å². The van der Waals surface area contributed by atoms with Gasteiger partial charge < -0.3 is 10.2 Å². The van der Waals surface area contributed by atoms with E-state index < -0.39 is 0 Å². The maximum atomic E-state index is 12.5. The standard InChI is InChI=1S/C16H20N4O/c1-13(17-9-12-19-10-4-8-18-19)16(21)20-11-7-14-5-2-3-6-15(14)20/h2-6,8,10,13,17H,7,9,11-12H2,1H3. The molecule has 0 saturated heterocycles. The number of rotatable bonds is 5. The summed E-state index contributed by atoms with van der Waals surface area (Å²) in [4.78, 5) is 14.4. The van der Waals surface area contributed by atoms with Crippen LogP contribution in [-0.4, -0.2) is 34.8 Å². The number of para-hydroxylation sites is 1. The van der Waals surface area contributed by atoms with Crippen LogP contribution in [0.25, 0.3) is 0 Å². The predicted octanol–water partition coefficient (Wildman–Crippen LogP) is 1.45. The van der Waals surface area contributed by atoms with E-state index in [2.05, 4.69) is 16.5 Å². The Bertz CT molecular complexity index is 608. The zero-order valence-electron chi connectivity index (χ0n) is 12.2. The average molecular weight is 284 g/mol. The molecule has 0 spiro atoms. The molecule has 21 heavy (non-hydrogen) atoms. The molecule has 5 nitrogen and oxygen atoms in total. The van der Waals surface area contributed by atoms with E-state index in [1.165, 1.54) is 5.56 Å². The first-order chi connectivity index (χ1) is 10.3. The molecule has 3 rings (SSSR count). The van der Waals surface area contributed by atoms with Crippen molar-refractivity contribution in [3.63, 3.8) is 0 Å². The Balaban J connectivity index is 1.55. The Morgan fingerprint density at radius 2 is 2.24 bits per heavy atom. The van der Waals surface area contributed by atoms with E-state index in [0.717, 1.165) is 31.7 Å². The zero-order valence-corrected chi connectivity index (χ0v) is 12.2. The van der Waals surface area contributed by atoms with Gasteiger partial charge in [0, 0.05) is 31.2 Å². The highest BCUT2D eigenvalue weighted by atomic mass is 16.2. The fourth-order valence-corrected chi connectivity index (χ4v) is 2.72. The minimum atomic E-state index is -0.188. The molecule has 0 bridgehead atoms. The number of carbonyl (C=O) groups excluding carboxylic acids is 1. The highest BCUT2D eigenvalue weighted by Gasteiger charge is 2.27. The minimum Gasteiger partial charge on any atom is -0.310 e. The van der Waals surface area contributed by atoms with Crippen LogP contribution < -0.4 is 10.2 Å². The number of hydrogen-bond acceptors (Lipinski definition) is 3. The van der Waals surface area contributed by atoms with Crippen molar-refractivity contribution in [2.75, 3.05) is 18.0 Å². The van der Waals surface area contributed by atoms with Crippen molar-refractivity contribution < 1.29 is 4.79 Å². The molecule has 2 heterocycles. The third kappa shape index (κ3) is 2.97. The quantitative estimate of drug-likeness (QED) is 0.904. The Morgan fingerprint density at radius 1 is 1.38 bits per heavy atom. The first-order valence-corrected chi connectivity index (χ1v) is 7.36. The lowest BCUT2D eigenvalue weighted by Crippen LogP contribution is -2.45. The van der Waals surface area contributed by atoms with Gasteiger partial charge in [-0.2, -0.15) is 5.10 Å². The third-order valence-corrected chi connectivity index (χ3v) is 3.87. The lowest BCUT2D eigenvalue weighted by atomic mass is 10.2. The van der Waals surface area contributed by atoms with Crippen LogP contribution in [0.1, 0.15) is 12.5 Å². The molecule has 0 radical (unpaired) electrons. The molecule has 110 valence electrons. The Kier molecular flexibility index (Phi) is 4.01. The van der Waals surface area contributed by atoms with E-state index in [4.69, 9.17) is 0 Å². The zero-order chi connectivity index (χ0) is 14.7. The molecule has 2 aromatic rings. The summed E-state index contributed by atoms with van der Waals surface area (Å²) in [6, 6.07) is 9.84. The SMILES string of the molecule is CC(NCCn1cccn1)C(=O)N1CCc2ccccc21. The summed E-state index contributed by atoms with van der Waals surface area (Å²) in [7, 11) is 0. The summed E-state index contributed by atoms with van der Waals surface area (Å²) in [5, 5.41) is 7.42. The van der Waals surface area contributed by atoms with Crippen LogP contribution in [0.2, 0.25) is 0 Å². The van der Waals surface area contributed by atoms with Gasteiger partial charge in [-0.3, -0.25) is 9.48 Å². The maximum absolute atomic E-state index is 12.5. The normalized spacial score (nSPS) is 15.0. The van der Waals surface area contributed by atoms with Gasteiger partial charge in [-0.1, -0.05) is 18.2 Å². The number of fused-ring (bicyclic) bond motifs is 1. The van der Waals surface area contributed by atoms with Crippen LogP contribution >= 0.6 is 0 Å². The first kappa shape index (κ1) is 13.8. The second kappa shape index (κ2) is 6.10. The largest absolute Gasteiger partial charge is 0.310 e. The molecule has 1 N–H and O–H groups in total. The molecule has 1 aromatic heterocycles. The highest BCUT2D eigenvalue weighted by Crippen LogP contribution is 2.27. The number of amides is 1. The molecular weight excluding hydrogens is 264 g/mol. The third-order valence-electron chi connectivity index (χ3n) is 3.87. The fraction of sp³-hybridized carbons (Fsp3) is 0.375. The van der Waals surface area contributed by atoms with E-state index in [9.17, 15) is 4.79 Å². The molecule has 1 atom stereocenters. The van der Waals surface area contributed by atoms with Gasteiger partial charge in [0.05, 0.1) is 12.6 Å². The van der Waals surface area contributed by atoms with Gasteiger partial charge in [0.1, 0.15) is 0 Å². The second-order valence-corrected chi connectivity index (χ2v) is 5.31. The van der Waals surface area contributed by atoms with E-state index in [1.807, 2.05) is 47.0 Å². The molecule has 1 aliphatic heterocycles. The van der Waals surface area contributed by atoms with Crippen molar-refractivity contribution in [3.05, 3.63) is 48.3 Å². The molecule has 0 aliphatic carbocycles. The van der Waals surface area contributed by atoms with Crippen LogP contribution in [0, 0.1) is 0 Å². The Hall–Kier alpha value is -2.14. The summed E-state index contributed by atoms with van der Waals surface area (Å²) < 4.78 is 1.86. The predicted molar refractivity (Wildman–Crippen MR) is 82.2 cm³/mol. The summed E-state index contributed by atoms with van der Waals surface area (Å²) in [6.45, 7) is 4.20. The van der Waals surface area contributed by atoms with Crippen LogP contribution in [0.3, 0.4) is 0 Å². The topological polar surface area (TPSA) is 50.2 Å². The van der Waals surface area contributed by atoms with Gasteiger partial charge in [-0.25, -0.2) is 0 Å². The molecule has 5 heteroatoms. The molecular formula is C16H20N4O. The average Bonchev–Trinajstić information content (AvgIpc) is 3.15. The van der Waals surface area contributed by atoms with Crippen LogP contribution in [0.15, 0.2) is 42.7 Å². The van der Waals surface area contributed by atoms with Crippen LogP contribution in [-0.2, 0) is 17.8 Å². The van der Waals surface area contributed by atoms with Crippen LogP contribution in [0.5, 0.6) is 0 Å². The van der Waals surface area contributed by atoms with Gasteiger partial charge in [0.2, 0.25) is 5.91 Å². The first-order valence-electron chi connectivity index (χ1n) is 7.36. The van der Waals surface area contributed by atoms with Gasteiger partial charge in [0.15, 0.2) is 0 Å².